The first kappa shape index (κ1) is 29.6. The van der Waals surface area contributed by atoms with E-state index in [-0.39, 0.29) is 52.6 Å². The number of aromatic nitrogens is 2. The van der Waals surface area contributed by atoms with Crippen LogP contribution in [-0.2, 0) is 30.6 Å². The molecule has 2 aliphatic heterocycles. The fourth-order valence-corrected chi connectivity index (χ4v) is 5.44. The second-order valence-corrected chi connectivity index (χ2v) is 10.5. The van der Waals surface area contributed by atoms with E-state index in [1.807, 2.05) is 6.07 Å². The summed E-state index contributed by atoms with van der Waals surface area (Å²) in [5.74, 6) is -4.30. The van der Waals surface area contributed by atoms with E-state index >= 15 is 0 Å². The Kier molecular flexibility index (Phi) is 9.20. The molecular weight excluding hydrogens is 547 g/mol. The Morgan fingerprint density at radius 1 is 1.29 bits per heavy atom. The van der Waals surface area contributed by atoms with Gasteiger partial charge in [-0.15, -0.1) is 23.1 Å². The number of nitrogen functional groups attached to an aromatic ring is 1. The Labute approximate surface area is 247 Å². The third-order valence-corrected chi connectivity index (χ3v) is 7.53. The molecule has 3 N–H and O–H groups in total. The summed E-state index contributed by atoms with van der Waals surface area (Å²) in [7, 11) is 0. The molecule has 4 heterocycles. The smallest absolute Gasteiger partial charge is 0.546 e. The van der Waals surface area contributed by atoms with Crippen molar-refractivity contribution in [2.45, 2.75) is 37.4 Å². The average Bonchev–Trinajstić information content (AvgIpc) is 3.28. The zero-order valence-electron chi connectivity index (χ0n) is 20.6. The van der Waals surface area contributed by atoms with Gasteiger partial charge >= 0.3 is 29.6 Å². The van der Waals surface area contributed by atoms with E-state index < -0.39 is 46.5 Å². The van der Waals surface area contributed by atoms with Crippen LogP contribution in [0.4, 0.5) is 5.13 Å². The number of aliphatic carboxylic acids is 2. The Balaban J connectivity index is 0.00000400. The fourth-order valence-electron chi connectivity index (χ4n) is 3.56. The molecule has 0 radical (unpaired) electrons. The van der Waals surface area contributed by atoms with Gasteiger partial charge in [0.2, 0.25) is 0 Å². The molecule has 0 bridgehead atoms. The Morgan fingerprint density at radius 2 is 1.97 bits per heavy atom. The number of nitrogens with two attached hydrogens (primary N) is 1. The summed E-state index contributed by atoms with van der Waals surface area (Å²) in [6, 6.07) is 4.34. The van der Waals surface area contributed by atoms with Crippen molar-refractivity contribution in [1.82, 2.24) is 15.2 Å². The third kappa shape index (κ3) is 6.02. The summed E-state index contributed by atoms with van der Waals surface area (Å²) >= 11 is 2.30. The van der Waals surface area contributed by atoms with Crippen LogP contribution in [0.2, 0.25) is 0 Å². The first-order valence-electron chi connectivity index (χ1n) is 10.8. The molecule has 0 aromatic carbocycles. The van der Waals surface area contributed by atoms with E-state index in [0.29, 0.717) is 11.3 Å². The van der Waals surface area contributed by atoms with Crippen LogP contribution in [0.15, 0.2) is 52.4 Å². The Bertz CT molecular complexity index is 1330. The van der Waals surface area contributed by atoms with Gasteiger partial charge in [0.1, 0.15) is 17.1 Å². The van der Waals surface area contributed by atoms with Crippen LogP contribution in [0.5, 0.6) is 0 Å². The number of β-lactam (4-membered cyclic amide) rings is 1. The Hall–Kier alpha value is -2.98. The number of carboxylic acid groups (broad SMARTS) is 2. The maximum Gasteiger partial charge on any atom is 1.00 e. The van der Waals surface area contributed by atoms with E-state index in [2.05, 4.69) is 15.5 Å². The minimum absolute atomic E-state index is 0. The molecule has 2 aromatic heterocycles. The number of thioether (sulfide) groups is 1. The minimum Gasteiger partial charge on any atom is -0.546 e. The predicted octanol–water partition coefficient (Wildman–Crippen LogP) is -5.63. The van der Waals surface area contributed by atoms with Crippen LogP contribution in [0, 0.1) is 0 Å². The van der Waals surface area contributed by atoms with Gasteiger partial charge in [-0.2, -0.15) is 0 Å². The molecule has 2 amide bonds. The molecule has 38 heavy (non-hydrogen) atoms. The molecular formula is C22H21N6NaO7S2. The number of nitrogens with one attached hydrogen (secondary N) is 1. The van der Waals surface area contributed by atoms with E-state index in [1.165, 1.54) is 31.0 Å². The summed E-state index contributed by atoms with van der Waals surface area (Å²) in [5.41, 5.74) is 3.65. The van der Waals surface area contributed by atoms with Gasteiger partial charge in [-0.05, 0) is 13.8 Å². The van der Waals surface area contributed by atoms with Crippen molar-refractivity contribution in [2.24, 2.45) is 5.16 Å². The van der Waals surface area contributed by atoms with Gasteiger partial charge in [0.05, 0.1) is 17.6 Å². The van der Waals surface area contributed by atoms with Crippen molar-refractivity contribution in [3.63, 3.8) is 0 Å². The van der Waals surface area contributed by atoms with Crippen LogP contribution < -0.4 is 55.4 Å². The maximum absolute atomic E-state index is 13.1. The summed E-state index contributed by atoms with van der Waals surface area (Å²) in [6.07, 6.45) is 3.54. The molecule has 194 valence electrons. The van der Waals surface area contributed by atoms with Gasteiger partial charge in [0.15, 0.2) is 35.4 Å². The molecule has 2 unspecified atom stereocenters. The summed E-state index contributed by atoms with van der Waals surface area (Å²) in [5, 5.41) is 30.3. The Morgan fingerprint density at radius 3 is 2.55 bits per heavy atom. The molecule has 2 aromatic rings. The molecule has 4 rings (SSSR count). The van der Waals surface area contributed by atoms with E-state index in [0.717, 1.165) is 16.2 Å². The molecule has 1 fully saturated rings. The van der Waals surface area contributed by atoms with Crippen molar-refractivity contribution < 1.29 is 68.4 Å². The van der Waals surface area contributed by atoms with Crippen LogP contribution in [-0.4, -0.2) is 62.1 Å². The van der Waals surface area contributed by atoms with Crippen LogP contribution in [0.1, 0.15) is 19.5 Å². The van der Waals surface area contributed by atoms with Crippen molar-refractivity contribution in [3.8, 4) is 0 Å². The predicted molar refractivity (Wildman–Crippen MR) is 127 cm³/mol. The van der Waals surface area contributed by atoms with Crippen LogP contribution in [0.3, 0.4) is 0 Å². The van der Waals surface area contributed by atoms with Crippen molar-refractivity contribution >= 4 is 57.7 Å². The molecule has 0 aliphatic carbocycles. The monoisotopic (exact) mass is 568 g/mol. The number of anilines is 1. The molecule has 13 nitrogen and oxygen atoms in total. The number of fused-ring (bicyclic) bond motifs is 1. The van der Waals surface area contributed by atoms with Gasteiger partial charge in [-0.1, -0.05) is 11.2 Å². The number of carbonyl (C=O) groups excluding carboxylic acids is 4. The average molecular weight is 569 g/mol. The number of pyridine rings is 1. The molecule has 0 saturated carbocycles. The molecule has 2 atom stereocenters. The van der Waals surface area contributed by atoms with E-state index in [4.69, 9.17) is 10.6 Å². The van der Waals surface area contributed by atoms with Gasteiger partial charge in [0.25, 0.3) is 11.8 Å². The normalized spacial score (nSPS) is 19.2. The number of nitrogens with zero attached hydrogens (tertiary/aromatic N) is 4. The summed E-state index contributed by atoms with van der Waals surface area (Å²) in [6.45, 7) is 2.61. The summed E-state index contributed by atoms with van der Waals surface area (Å²) in [4.78, 5) is 59.4. The van der Waals surface area contributed by atoms with Crippen molar-refractivity contribution in [1.29, 1.82) is 0 Å². The molecule has 2 aliphatic rings. The SMILES string of the molecule is CC(C)(O/N=C(/C(=O)NC1C(=O)N2C(C(=O)[O-])=C(C[n+]3ccccc3)CSC12)c1csc(N)n1)C(=O)[O-].[Na+]. The largest absolute Gasteiger partial charge is 1.00 e. The first-order chi connectivity index (χ1) is 17.5. The molecule has 0 spiro atoms. The standard InChI is InChI=1S/C22H22N6O7S2.Na/c1-22(2,20(33)34)35-26-13(12-10-37-21(23)24-12)16(29)25-14-17(30)28-15(19(31)32)11(9-36-18(14)28)8-27-6-4-3-5-7-27;/h3-7,10,14,18H,8-9H2,1-2H3,(H4-,23,24,25,29,31,32,33,34);/q;+1/p-1/b26-13+;. The van der Waals surface area contributed by atoms with E-state index in [1.54, 1.807) is 29.1 Å². The maximum atomic E-state index is 13.1. The number of amides is 2. The van der Waals surface area contributed by atoms with Crippen LogP contribution in [0.25, 0.3) is 0 Å². The van der Waals surface area contributed by atoms with Gasteiger partial charge in [-0.3, -0.25) is 14.5 Å². The zero-order valence-corrected chi connectivity index (χ0v) is 24.2. The van der Waals surface area contributed by atoms with Gasteiger partial charge in [0, 0.05) is 28.8 Å². The third-order valence-electron chi connectivity index (χ3n) is 5.51. The summed E-state index contributed by atoms with van der Waals surface area (Å²) < 4.78 is 1.78. The minimum atomic E-state index is -1.86. The van der Waals surface area contributed by atoms with Crippen LogP contribution >= 0.6 is 23.1 Å². The van der Waals surface area contributed by atoms with Crippen molar-refractivity contribution in [3.05, 3.63) is 52.9 Å². The molecule has 16 heteroatoms. The van der Waals surface area contributed by atoms with E-state index in [9.17, 15) is 29.4 Å². The second kappa shape index (κ2) is 11.8. The number of hydrogen-bond donors (Lipinski definition) is 2. The second-order valence-electron chi connectivity index (χ2n) is 8.55. The number of hydrogen-bond acceptors (Lipinski definition) is 12. The van der Waals surface area contributed by atoms with Gasteiger partial charge < -0.3 is 35.7 Å². The number of carboxylic acids is 2. The number of oxime groups is 1. The zero-order chi connectivity index (χ0) is 26.9. The molecule has 1 saturated heterocycles. The first-order valence-corrected chi connectivity index (χ1v) is 12.7. The fraction of sp³-hybridized carbons (Fsp3) is 0.318. The van der Waals surface area contributed by atoms with Gasteiger partial charge in [-0.25, -0.2) is 9.55 Å². The number of rotatable bonds is 9. The number of thiazole rings is 1. The topological polar surface area (TPSA) is 194 Å². The quantitative estimate of drug-likeness (QED) is 0.0968. The number of carbonyl (C=O) groups is 4. The van der Waals surface area contributed by atoms with Crippen molar-refractivity contribution in [2.75, 3.05) is 11.5 Å².